The smallest absolute Gasteiger partial charge is 0.336 e. The molecule has 0 aliphatic carbocycles. The maximum atomic E-state index is 10.3. The average Bonchev–Trinajstić information content (AvgIpc) is 3.31. The van der Waals surface area contributed by atoms with Crippen LogP contribution < -0.4 is 33.6 Å². The fraction of sp³-hybridized carbons (Fsp3) is 0.475. The van der Waals surface area contributed by atoms with E-state index in [0.717, 1.165) is 37.1 Å². The van der Waals surface area contributed by atoms with Gasteiger partial charge in [-0.15, -0.1) is 0 Å². The van der Waals surface area contributed by atoms with E-state index in [1.807, 2.05) is 0 Å². The van der Waals surface area contributed by atoms with Crippen molar-refractivity contribution in [2.75, 3.05) is 36.9 Å². The predicted molar refractivity (Wildman–Crippen MR) is 259 cm³/mol. The normalized spacial score (nSPS) is 15.3. The number of halogens is 2. The van der Waals surface area contributed by atoms with Gasteiger partial charge in [-0.3, -0.25) is 19.6 Å². The van der Waals surface area contributed by atoms with Gasteiger partial charge in [-0.2, -0.15) is 9.98 Å². The van der Waals surface area contributed by atoms with Crippen molar-refractivity contribution in [3.05, 3.63) is 58.6 Å². The highest BCUT2D eigenvalue weighted by Gasteiger charge is 2.41. The minimum absolute atomic E-state index is 0.124. The lowest BCUT2D eigenvalue weighted by atomic mass is 9.96. The van der Waals surface area contributed by atoms with Gasteiger partial charge >= 0.3 is 29.8 Å². The van der Waals surface area contributed by atoms with Crippen molar-refractivity contribution < 1.29 is 106 Å². The molecule has 26 N–H and O–H groups in total. The van der Waals surface area contributed by atoms with E-state index in [1.54, 1.807) is 48.5 Å². The number of nitrogens with zero attached hydrogens (tertiary/aromatic N) is 4. The number of guanidine groups is 4. The number of carbonyl (C=O) groups is 5. The molecule has 2 aromatic rings. The summed E-state index contributed by atoms with van der Waals surface area (Å²) in [7, 11) is 0. The first-order valence-corrected chi connectivity index (χ1v) is 21.5. The molecule has 0 fully saturated rings. The second-order valence-electron chi connectivity index (χ2n) is 14.7. The molecule has 8 atom stereocenters. The molecule has 0 saturated heterocycles. The Balaban J connectivity index is 0. The van der Waals surface area contributed by atoms with Crippen molar-refractivity contribution >= 4 is 88.3 Å². The Morgan fingerprint density at radius 1 is 0.521 bits per heavy atom. The predicted octanol–water partition coefficient (Wildman–Crippen LogP) is -4.90. The number of unbranched alkanes of at least 4 members (excludes halogenated alkanes) is 3. The van der Waals surface area contributed by atoms with E-state index in [1.165, 1.54) is 0 Å². The largest absolute Gasteiger partial charge is 0.481 e. The third-order valence-electron chi connectivity index (χ3n) is 8.62. The molecule has 73 heavy (non-hydrogen) atoms. The van der Waals surface area contributed by atoms with Crippen LogP contribution in [-0.4, -0.2) is 216 Å². The van der Waals surface area contributed by atoms with Crippen LogP contribution in [0.4, 0.5) is 11.4 Å². The van der Waals surface area contributed by atoms with Crippen LogP contribution in [0.1, 0.15) is 38.5 Å². The molecule has 31 nitrogen and oxygen atoms in total. The van der Waals surface area contributed by atoms with E-state index >= 15 is 0 Å². The number of carboxylic acid groups (broad SMARTS) is 5. The van der Waals surface area contributed by atoms with Crippen LogP contribution in [0.5, 0.6) is 0 Å². The van der Waals surface area contributed by atoms with Crippen LogP contribution in [0, 0.1) is 0 Å². The van der Waals surface area contributed by atoms with E-state index in [-0.39, 0.29) is 23.8 Å². The summed E-state index contributed by atoms with van der Waals surface area (Å²) in [6.45, 7) is -0.562. The van der Waals surface area contributed by atoms with Crippen LogP contribution in [0.15, 0.2) is 68.5 Å². The van der Waals surface area contributed by atoms with Crippen LogP contribution in [0.2, 0.25) is 10.0 Å². The third kappa shape index (κ3) is 30.8. The molecule has 2 rings (SSSR count). The van der Waals surface area contributed by atoms with Crippen molar-refractivity contribution in [3.63, 3.8) is 0 Å². The Morgan fingerprint density at radius 2 is 0.822 bits per heavy atom. The molecule has 0 aliphatic rings. The molecule has 2 aromatic carbocycles. The average molecular weight is 1090 g/mol. The first-order chi connectivity index (χ1) is 33.9. The van der Waals surface area contributed by atoms with Gasteiger partial charge in [-0.25, -0.2) is 14.4 Å². The van der Waals surface area contributed by atoms with E-state index in [2.05, 4.69) is 30.6 Å². The van der Waals surface area contributed by atoms with E-state index in [9.17, 15) is 24.0 Å². The summed E-state index contributed by atoms with van der Waals surface area (Å²) in [6, 6.07) is 14.1. The summed E-state index contributed by atoms with van der Waals surface area (Å²) in [6.07, 6.45) is -14.3. The number of carboxylic acids is 5. The fourth-order valence-electron chi connectivity index (χ4n) is 4.75. The second kappa shape index (κ2) is 36.3. The minimum atomic E-state index is -2.74. The van der Waals surface area contributed by atoms with Gasteiger partial charge in [0.25, 0.3) is 0 Å². The third-order valence-corrected chi connectivity index (χ3v) is 9.12. The number of rotatable bonds is 24. The van der Waals surface area contributed by atoms with Gasteiger partial charge in [0.15, 0.2) is 17.8 Å². The number of aliphatic carboxylic acids is 5. The molecule has 0 saturated carbocycles. The van der Waals surface area contributed by atoms with E-state index in [0.29, 0.717) is 23.1 Å². The van der Waals surface area contributed by atoms with E-state index < -0.39 is 110 Å². The summed E-state index contributed by atoms with van der Waals surface area (Å²) in [4.78, 5) is 67.1. The Bertz CT molecular complexity index is 1990. The molecular weight excluding hydrogens is 1030 g/mol. The lowest BCUT2D eigenvalue weighted by Crippen LogP contribution is -2.48. The zero-order valence-electron chi connectivity index (χ0n) is 38.4. The molecule has 0 unspecified atom stereocenters. The quantitative estimate of drug-likeness (QED) is 0.0266. The van der Waals surface area contributed by atoms with Crippen LogP contribution in [0.25, 0.3) is 0 Å². The summed E-state index contributed by atoms with van der Waals surface area (Å²) >= 11 is 11.7. The zero-order chi connectivity index (χ0) is 56.6. The molecule has 0 heterocycles. The van der Waals surface area contributed by atoms with Crippen molar-refractivity contribution in [2.45, 2.75) is 93.0 Å². The molecule has 33 heteroatoms. The van der Waals surface area contributed by atoms with Gasteiger partial charge in [0.05, 0.1) is 26.1 Å². The number of hydrogen-bond acceptors (Lipinski definition) is 18. The van der Waals surface area contributed by atoms with Gasteiger partial charge in [0, 0.05) is 34.5 Å². The zero-order valence-corrected chi connectivity index (χ0v) is 39.9. The molecule has 0 radical (unpaired) electrons. The summed E-state index contributed by atoms with van der Waals surface area (Å²) in [5, 5.41) is 145. The summed E-state index contributed by atoms with van der Waals surface area (Å²) in [5.74, 6) is -7.91. The molecule has 0 amide bonds. The molecule has 0 aliphatic heterocycles. The van der Waals surface area contributed by atoms with Gasteiger partial charge < -0.3 is 115 Å². The van der Waals surface area contributed by atoms with E-state index in [4.69, 9.17) is 128 Å². The molecule has 0 spiro atoms. The second-order valence-corrected chi connectivity index (χ2v) is 15.5. The Labute approximate surface area is 424 Å². The number of aliphatic hydroxyl groups is 11. The van der Waals surface area contributed by atoms with Crippen LogP contribution in [-0.2, 0) is 24.0 Å². The lowest BCUT2D eigenvalue weighted by Gasteiger charge is -2.23. The number of nitrogens with two attached hydrogens (primary N) is 4. The molecule has 412 valence electrons. The Kier molecular flexibility index (Phi) is 34.1. The first-order valence-electron chi connectivity index (χ1n) is 20.8. The number of anilines is 2. The van der Waals surface area contributed by atoms with Crippen molar-refractivity contribution in [2.24, 2.45) is 42.9 Å². The molecule has 0 aromatic heterocycles. The number of benzene rings is 2. The highest BCUT2D eigenvalue weighted by molar-refractivity contribution is 6.31. The maximum absolute atomic E-state index is 10.3. The topological polar surface area (TPSA) is 587 Å². The van der Waals surface area contributed by atoms with Gasteiger partial charge in [0.1, 0.15) is 36.6 Å². The number of aliphatic hydroxyl groups excluding tert-OH is 10. The van der Waals surface area contributed by atoms with Crippen molar-refractivity contribution in [1.29, 1.82) is 0 Å². The standard InChI is InChI=1S/C22H30Cl2N10.C6H8O7.2C6H12O7/c23-15-5-9-17(10-6-15)31-21(27)33-19(25)29-13-3-1-2-4-14-30-20(26)34-22(28)32-18-11-7-16(24)8-12-18;7-3(8)1-6(13,5(11)12)2-4(9)10;2*7-1-2(8)3(9)4(10)5(11)6(12)13/h5-12H,1-4,13-14H2,(H5,25,27,29,31,33)(H5,26,28,30,32,34);13H,1-2H2,(H,7,8)(H,9,10)(H,11,12);2*2-5,7-11H,1H2,(H,12,13)/t;;2*2-,3-,4+,5-/m..11/s1. The van der Waals surface area contributed by atoms with Crippen LogP contribution >= 0.6 is 23.2 Å². The van der Waals surface area contributed by atoms with Gasteiger partial charge in [0.2, 0.25) is 23.8 Å². The highest BCUT2D eigenvalue weighted by atomic mass is 35.5. The van der Waals surface area contributed by atoms with Crippen molar-refractivity contribution in [1.82, 2.24) is 0 Å². The monoisotopic (exact) mass is 1090 g/mol. The number of nitrogens with one attached hydrogen (secondary N) is 2. The minimum Gasteiger partial charge on any atom is -0.481 e. The number of aliphatic imine (C=N–C) groups is 4. The molecule has 0 bridgehead atoms. The first kappa shape index (κ1) is 68.5. The fourth-order valence-corrected chi connectivity index (χ4v) is 5.00. The molecular formula is C40H62Cl2N10O21. The van der Waals surface area contributed by atoms with Gasteiger partial charge in [-0.1, -0.05) is 36.0 Å². The SMILES string of the molecule is NC(=NCCCCCCN=C(N)N=C(N)Nc1ccc(Cl)cc1)N=C(N)Nc1ccc(Cl)cc1.O=C(O)CC(O)(CC(=O)O)C(=O)O.O=C(O)[C@H](O)[C@@H](O)[C@H](O)[C@H](O)CO.O=C(O)[C@H](O)[C@@H](O)[C@H](O)[C@H](O)CO. The summed E-state index contributed by atoms with van der Waals surface area (Å²) < 4.78 is 0. The lowest BCUT2D eigenvalue weighted by molar-refractivity contribution is -0.170. The van der Waals surface area contributed by atoms with Crippen LogP contribution in [0.3, 0.4) is 0 Å². The van der Waals surface area contributed by atoms with Gasteiger partial charge in [-0.05, 0) is 61.4 Å². The number of hydrogen-bond donors (Lipinski definition) is 22. The van der Waals surface area contributed by atoms with Crippen molar-refractivity contribution in [3.8, 4) is 0 Å². The Morgan fingerprint density at radius 3 is 1.07 bits per heavy atom. The Hall–Kier alpha value is -6.59. The highest BCUT2D eigenvalue weighted by Crippen LogP contribution is 2.16. The maximum Gasteiger partial charge on any atom is 0.336 e. The summed E-state index contributed by atoms with van der Waals surface area (Å²) in [5.41, 5.74) is 22.0.